The number of nitrogens with zero attached hydrogens (tertiary/aromatic N) is 2. The van der Waals surface area contributed by atoms with Crippen LogP contribution in [0.3, 0.4) is 0 Å². The SMILES string of the molecule is CCCN(Cc1ccccc1N)C(=O)c1ncccc1C. The van der Waals surface area contributed by atoms with Gasteiger partial charge >= 0.3 is 0 Å². The number of aryl methyl sites for hydroxylation is 1. The van der Waals surface area contributed by atoms with E-state index in [9.17, 15) is 4.79 Å². The van der Waals surface area contributed by atoms with Crippen molar-refractivity contribution in [2.24, 2.45) is 0 Å². The normalized spacial score (nSPS) is 10.4. The van der Waals surface area contributed by atoms with Crippen molar-refractivity contribution in [3.05, 3.63) is 59.4 Å². The molecule has 2 rings (SSSR count). The van der Waals surface area contributed by atoms with E-state index < -0.39 is 0 Å². The predicted molar refractivity (Wildman–Crippen MR) is 84.9 cm³/mol. The van der Waals surface area contributed by atoms with Gasteiger partial charge in [0.15, 0.2) is 0 Å². The van der Waals surface area contributed by atoms with Crippen LogP contribution in [0.25, 0.3) is 0 Å². The van der Waals surface area contributed by atoms with Crippen LogP contribution in [-0.4, -0.2) is 22.3 Å². The lowest BCUT2D eigenvalue weighted by molar-refractivity contribution is 0.0737. The first-order valence-electron chi connectivity index (χ1n) is 7.17. The Morgan fingerprint density at radius 2 is 2.00 bits per heavy atom. The third kappa shape index (κ3) is 3.60. The van der Waals surface area contributed by atoms with Gasteiger partial charge in [0, 0.05) is 25.0 Å². The zero-order valence-corrected chi connectivity index (χ0v) is 12.5. The highest BCUT2D eigenvalue weighted by molar-refractivity contribution is 5.93. The van der Waals surface area contributed by atoms with E-state index in [4.69, 9.17) is 5.73 Å². The lowest BCUT2D eigenvalue weighted by Crippen LogP contribution is -2.32. The number of hydrogen-bond acceptors (Lipinski definition) is 3. The molecular weight excluding hydrogens is 262 g/mol. The number of pyridine rings is 1. The molecule has 21 heavy (non-hydrogen) atoms. The third-order valence-corrected chi connectivity index (χ3v) is 3.41. The Morgan fingerprint density at radius 1 is 1.24 bits per heavy atom. The molecule has 1 aromatic carbocycles. The number of benzene rings is 1. The first kappa shape index (κ1) is 15.0. The number of carbonyl (C=O) groups excluding carboxylic acids is 1. The summed E-state index contributed by atoms with van der Waals surface area (Å²) in [6.45, 7) is 5.15. The Bertz CT molecular complexity index is 625. The number of para-hydroxylation sites is 1. The van der Waals surface area contributed by atoms with Gasteiger partial charge in [-0.15, -0.1) is 0 Å². The standard InChI is InChI=1S/C17H21N3O/c1-3-11-20(12-14-8-4-5-9-15(14)18)17(21)16-13(2)7-6-10-19-16/h4-10H,3,11-12,18H2,1-2H3. The van der Waals surface area contributed by atoms with E-state index in [0.29, 0.717) is 24.5 Å². The van der Waals surface area contributed by atoms with Crippen LogP contribution in [0.2, 0.25) is 0 Å². The van der Waals surface area contributed by atoms with Gasteiger partial charge in [0.25, 0.3) is 5.91 Å². The Morgan fingerprint density at radius 3 is 2.67 bits per heavy atom. The average molecular weight is 283 g/mol. The molecule has 0 atom stereocenters. The number of rotatable bonds is 5. The van der Waals surface area contributed by atoms with Crippen LogP contribution in [0.4, 0.5) is 5.69 Å². The Labute approximate surface area is 125 Å². The first-order valence-corrected chi connectivity index (χ1v) is 7.17. The van der Waals surface area contributed by atoms with E-state index in [2.05, 4.69) is 11.9 Å². The lowest BCUT2D eigenvalue weighted by atomic mass is 10.1. The van der Waals surface area contributed by atoms with Gasteiger partial charge in [0.2, 0.25) is 0 Å². The molecule has 0 spiro atoms. The highest BCUT2D eigenvalue weighted by Crippen LogP contribution is 2.16. The van der Waals surface area contributed by atoms with E-state index in [-0.39, 0.29) is 5.91 Å². The molecule has 4 nitrogen and oxygen atoms in total. The predicted octanol–water partition coefficient (Wildman–Crippen LogP) is 3.02. The zero-order chi connectivity index (χ0) is 15.2. The molecule has 1 amide bonds. The molecule has 0 aliphatic heterocycles. The maximum atomic E-state index is 12.7. The molecule has 1 heterocycles. The van der Waals surface area contributed by atoms with Gasteiger partial charge < -0.3 is 10.6 Å². The van der Waals surface area contributed by atoms with Crippen molar-refractivity contribution >= 4 is 11.6 Å². The molecule has 4 heteroatoms. The molecule has 0 saturated carbocycles. The van der Waals surface area contributed by atoms with Crippen molar-refractivity contribution in [1.82, 2.24) is 9.88 Å². The summed E-state index contributed by atoms with van der Waals surface area (Å²) in [5, 5.41) is 0. The van der Waals surface area contributed by atoms with Gasteiger partial charge in [-0.2, -0.15) is 0 Å². The highest BCUT2D eigenvalue weighted by atomic mass is 16.2. The first-order chi connectivity index (χ1) is 10.1. The molecular formula is C17H21N3O. The maximum absolute atomic E-state index is 12.7. The Kier molecular flexibility index (Phi) is 4.93. The number of anilines is 1. The quantitative estimate of drug-likeness (QED) is 0.858. The van der Waals surface area contributed by atoms with Gasteiger partial charge in [-0.1, -0.05) is 31.2 Å². The van der Waals surface area contributed by atoms with Crippen molar-refractivity contribution in [1.29, 1.82) is 0 Å². The van der Waals surface area contributed by atoms with Gasteiger partial charge in [0.1, 0.15) is 5.69 Å². The summed E-state index contributed by atoms with van der Waals surface area (Å²) < 4.78 is 0. The van der Waals surface area contributed by atoms with Gasteiger partial charge in [-0.3, -0.25) is 9.78 Å². The molecule has 2 aromatic rings. The molecule has 0 bridgehead atoms. The second-order valence-corrected chi connectivity index (χ2v) is 5.09. The summed E-state index contributed by atoms with van der Waals surface area (Å²) >= 11 is 0. The van der Waals surface area contributed by atoms with Crippen molar-refractivity contribution in [2.45, 2.75) is 26.8 Å². The summed E-state index contributed by atoms with van der Waals surface area (Å²) in [6, 6.07) is 11.4. The topological polar surface area (TPSA) is 59.2 Å². The fourth-order valence-electron chi connectivity index (χ4n) is 2.27. The van der Waals surface area contributed by atoms with Crippen LogP contribution >= 0.6 is 0 Å². The van der Waals surface area contributed by atoms with Crippen LogP contribution in [0.1, 0.15) is 35.0 Å². The molecule has 0 fully saturated rings. The molecule has 0 radical (unpaired) electrons. The fourth-order valence-corrected chi connectivity index (χ4v) is 2.27. The van der Waals surface area contributed by atoms with Crippen LogP contribution in [0.15, 0.2) is 42.6 Å². The van der Waals surface area contributed by atoms with E-state index in [1.165, 1.54) is 0 Å². The largest absolute Gasteiger partial charge is 0.398 e. The summed E-state index contributed by atoms with van der Waals surface area (Å²) in [5.74, 6) is -0.0433. The van der Waals surface area contributed by atoms with Crippen LogP contribution < -0.4 is 5.73 Å². The van der Waals surface area contributed by atoms with Crippen LogP contribution in [0, 0.1) is 6.92 Å². The molecule has 0 aliphatic carbocycles. The lowest BCUT2D eigenvalue weighted by Gasteiger charge is -2.23. The van der Waals surface area contributed by atoms with Crippen LogP contribution in [0.5, 0.6) is 0 Å². The highest BCUT2D eigenvalue weighted by Gasteiger charge is 2.19. The summed E-state index contributed by atoms with van der Waals surface area (Å²) in [6.07, 6.45) is 2.55. The third-order valence-electron chi connectivity index (χ3n) is 3.41. The van der Waals surface area contributed by atoms with Gasteiger partial charge in [-0.05, 0) is 36.6 Å². The van der Waals surface area contributed by atoms with Crippen molar-refractivity contribution in [3.8, 4) is 0 Å². The molecule has 110 valence electrons. The van der Waals surface area contributed by atoms with E-state index in [1.807, 2.05) is 43.3 Å². The van der Waals surface area contributed by atoms with Crippen molar-refractivity contribution in [2.75, 3.05) is 12.3 Å². The minimum absolute atomic E-state index is 0.0433. The monoisotopic (exact) mass is 283 g/mol. The van der Waals surface area contributed by atoms with Crippen LogP contribution in [-0.2, 0) is 6.54 Å². The zero-order valence-electron chi connectivity index (χ0n) is 12.5. The number of aromatic nitrogens is 1. The summed E-state index contributed by atoms with van der Waals surface area (Å²) in [7, 11) is 0. The Hall–Kier alpha value is -2.36. The molecule has 2 N–H and O–H groups in total. The van der Waals surface area contributed by atoms with E-state index >= 15 is 0 Å². The number of hydrogen-bond donors (Lipinski definition) is 1. The fraction of sp³-hybridized carbons (Fsp3) is 0.294. The summed E-state index contributed by atoms with van der Waals surface area (Å²) in [4.78, 5) is 18.7. The smallest absolute Gasteiger partial charge is 0.273 e. The average Bonchev–Trinajstić information content (AvgIpc) is 2.49. The second-order valence-electron chi connectivity index (χ2n) is 5.09. The van der Waals surface area contributed by atoms with E-state index in [0.717, 1.165) is 17.5 Å². The van der Waals surface area contributed by atoms with E-state index in [1.54, 1.807) is 11.1 Å². The number of nitrogens with two attached hydrogens (primary N) is 1. The second kappa shape index (κ2) is 6.88. The minimum atomic E-state index is -0.0433. The number of nitrogen functional groups attached to an aromatic ring is 1. The van der Waals surface area contributed by atoms with Gasteiger partial charge in [0.05, 0.1) is 0 Å². The Balaban J connectivity index is 2.25. The molecule has 0 aliphatic rings. The number of carbonyl (C=O) groups is 1. The van der Waals surface area contributed by atoms with Crippen molar-refractivity contribution in [3.63, 3.8) is 0 Å². The maximum Gasteiger partial charge on any atom is 0.273 e. The van der Waals surface area contributed by atoms with Gasteiger partial charge in [-0.25, -0.2) is 0 Å². The van der Waals surface area contributed by atoms with Crippen molar-refractivity contribution < 1.29 is 4.79 Å². The molecule has 0 saturated heterocycles. The summed E-state index contributed by atoms with van der Waals surface area (Å²) in [5.41, 5.74) is 9.07. The molecule has 0 unspecified atom stereocenters. The molecule has 1 aromatic heterocycles. The minimum Gasteiger partial charge on any atom is -0.398 e. The number of amides is 1.